The molecule has 1 aromatic heterocycles. The van der Waals surface area contributed by atoms with E-state index >= 15 is 0 Å². The van der Waals surface area contributed by atoms with E-state index in [1.54, 1.807) is 0 Å². The smallest absolute Gasteiger partial charge is 0.122 e. The van der Waals surface area contributed by atoms with Gasteiger partial charge in [-0.05, 0) is 44.3 Å². The van der Waals surface area contributed by atoms with Gasteiger partial charge in [0.2, 0.25) is 0 Å². The second-order valence-electron chi connectivity index (χ2n) is 5.97. The molecule has 1 unspecified atom stereocenters. The zero-order valence-corrected chi connectivity index (χ0v) is 12.6. The quantitative estimate of drug-likeness (QED) is 0.765. The summed E-state index contributed by atoms with van der Waals surface area (Å²) < 4.78 is 5.70. The van der Waals surface area contributed by atoms with Gasteiger partial charge in [-0.3, -0.25) is 4.90 Å². The van der Waals surface area contributed by atoms with E-state index in [1.165, 1.54) is 31.4 Å². The molecule has 2 rings (SSSR count). The van der Waals surface area contributed by atoms with Crippen molar-refractivity contribution < 1.29 is 4.42 Å². The molecule has 1 atom stereocenters. The molecule has 1 N–H and O–H groups in total. The van der Waals surface area contributed by atoms with Crippen LogP contribution in [0.15, 0.2) is 16.7 Å². The zero-order chi connectivity index (χ0) is 13.7. The summed E-state index contributed by atoms with van der Waals surface area (Å²) in [5.74, 6) is 1.88. The lowest BCUT2D eigenvalue weighted by Gasteiger charge is -2.27. The molecule has 3 nitrogen and oxygen atoms in total. The first-order valence-electron chi connectivity index (χ1n) is 7.72. The van der Waals surface area contributed by atoms with Crippen LogP contribution in [0, 0.1) is 5.92 Å². The van der Waals surface area contributed by atoms with Gasteiger partial charge in [-0.25, -0.2) is 0 Å². The van der Waals surface area contributed by atoms with Crippen LogP contribution in [-0.2, 0) is 13.1 Å². The fourth-order valence-electron chi connectivity index (χ4n) is 3.05. The molecule has 2 heterocycles. The van der Waals surface area contributed by atoms with Gasteiger partial charge < -0.3 is 9.73 Å². The number of furan rings is 1. The molecule has 19 heavy (non-hydrogen) atoms. The molecule has 0 aliphatic carbocycles. The molecule has 0 spiro atoms. The summed E-state index contributed by atoms with van der Waals surface area (Å²) in [5.41, 5.74) is 1.32. The second kappa shape index (κ2) is 7.11. The van der Waals surface area contributed by atoms with Gasteiger partial charge in [-0.1, -0.05) is 20.8 Å². The highest BCUT2D eigenvalue weighted by Gasteiger charge is 2.28. The Bertz CT molecular complexity index is 373. The Hall–Kier alpha value is -0.800. The van der Waals surface area contributed by atoms with E-state index in [4.69, 9.17) is 4.42 Å². The predicted octanol–water partition coefficient (Wildman–Crippen LogP) is 3.40. The van der Waals surface area contributed by atoms with Crippen LogP contribution in [0.5, 0.6) is 0 Å². The summed E-state index contributed by atoms with van der Waals surface area (Å²) in [4.78, 5) is 2.59. The van der Waals surface area contributed by atoms with Gasteiger partial charge in [-0.15, -0.1) is 0 Å². The average molecular weight is 264 g/mol. The van der Waals surface area contributed by atoms with Crippen LogP contribution in [0.4, 0.5) is 0 Å². The van der Waals surface area contributed by atoms with E-state index < -0.39 is 0 Å². The van der Waals surface area contributed by atoms with Gasteiger partial charge in [0, 0.05) is 18.2 Å². The maximum atomic E-state index is 5.70. The Labute approximate surface area is 117 Å². The number of rotatable bonds is 7. The minimum Gasteiger partial charge on any atom is -0.468 e. The van der Waals surface area contributed by atoms with E-state index in [1.807, 2.05) is 6.26 Å². The number of hydrogen-bond acceptors (Lipinski definition) is 3. The second-order valence-corrected chi connectivity index (χ2v) is 5.97. The summed E-state index contributed by atoms with van der Waals surface area (Å²) in [6.45, 7) is 11.0. The lowest BCUT2D eigenvalue weighted by atomic mass is 10.0. The highest BCUT2D eigenvalue weighted by atomic mass is 16.3. The van der Waals surface area contributed by atoms with Crippen molar-refractivity contribution in [2.75, 3.05) is 13.1 Å². The molecule has 0 aromatic carbocycles. The van der Waals surface area contributed by atoms with E-state index in [9.17, 15) is 0 Å². The molecule has 0 radical (unpaired) electrons. The van der Waals surface area contributed by atoms with Crippen LogP contribution in [0.3, 0.4) is 0 Å². The van der Waals surface area contributed by atoms with Crippen LogP contribution >= 0.6 is 0 Å². The van der Waals surface area contributed by atoms with Crippen LogP contribution in [-0.4, -0.2) is 24.0 Å². The van der Waals surface area contributed by atoms with Crippen molar-refractivity contribution in [1.82, 2.24) is 10.2 Å². The highest BCUT2D eigenvalue weighted by molar-refractivity contribution is 5.17. The predicted molar refractivity (Wildman–Crippen MR) is 79.0 cm³/mol. The van der Waals surface area contributed by atoms with Crippen molar-refractivity contribution in [2.24, 2.45) is 5.92 Å². The summed E-state index contributed by atoms with van der Waals surface area (Å²) in [6.07, 6.45) is 5.67. The Kier molecular flexibility index (Phi) is 5.46. The highest BCUT2D eigenvalue weighted by Crippen LogP contribution is 2.26. The normalized spacial score (nSPS) is 20.5. The van der Waals surface area contributed by atoms with Crippen molar-refractivity contribution in [3.63, 3.8) is 0 Å². The molecular formula is C16H28N2O. The van der Waals surface area contributed by atoms with Crippen molar-refractivity contribution in [3.05, 3.63) is 23.7 Å². The monoisotopic (exact) mass is 264 g/mol. The number of hydrogen-bond donors (Lipinski definition) is 1. The molecule has 0 amide bonds. The van der Waals surface area contributed by atoms with Gasteiger partial charge in [0.05, 0.1) is 12.8 Å². The number of likely N-dealkylation sites (tertiary alicyclic amines) is 1. The Morgan fingerprint density at radius 2 is 2.32 bits per heavy atom. The van der Waals surface area contributed by atoms with Gasteiger partial charge in [0.15, 0.2) is 0 Å². The van der Waals surface area contributed by atoms with Crippen LogP contribution in [0.25, 0.3) is 0 Å². The molecule has 1 aromatic rings. The number of nitrogens with one attached hydrogen (secondary N) is 1. The van der Waals surface area contributed by atoms with Crippen molar-refractivity contribution >= 4 is 0 Å². The molecule has 108 valence electrons. The minimum atomic E-state index is 0.724. The fourth-order valence-corrected chi connectivity index (χ4v) is 3.05. The molecule has 0 bridgehead atoms. The Balaban J connectivity index is 1.93. The zero-order valence-electron chi connectivity index (χ0n) is 12.6. The topological polar surface area (TPSA) is 28.4 Å². The van der Waals surface area contributed by atoms with Gasteiger partial charge in [0.25, 0.3) is 0 Å². The maximum absolute atomic E-state index is 5.70. The standard InChI is InChI=1S/C16H28N2O/c1-4-8-17-11-14-7-10-19-16(14)12-18-9-5-6-15(18)13(2)3/h7,10,13,15,17H,4-6,8-9,11-12H2,1-3H3. The molecule has 1 aliphatic rings. The average Bonchev–Trinajstić information content (AvgIpc) is 3.00. The minimum absolute atomic E-state index is 0.724. The van der Waals surface area contributed by atoms with Crippen LogP contribution in [0.2, 0.25) is 0 Å². The lowest BCUT2D eigenvalue weighted by Crippen LogP contribution is -2.33. The number of nitrogens with zero attached hydrogens (tertiary/aromatic N) is 1. The molecular weight excluding hydrogens is 236 g/mol. The fraction of sp³-hybridized carbons (Fsp3) is 0.750. The summed E-state index contributed by atoms with van der Waals surface area (Å²) in [7, 11) is 0. The third-order valence-electron chi connectivity index (χ3n) is 4.11. The van der Waals surface area contributed by atoms with Crippen molar-refractivity contribution in [3.8, 4) is 0 Å². The lowest BCUT2D eigenvalue weighted by molar-refractivity contribution is 0.184. The Morgan fingerprint density at radius 1 is 1.47 bits per heavy atom. The summed E-state index contributed by atoms with van der Waals surface area (Å²) in [5, 5.41) is 3.46. The van der Waals surface area contributed by atoms with E-state index in [-0.39, 0.29) is 0 Å². The molecule has 1 aliphatic heterocycles. The van der Waals surface area contributed by atoms with Gasteiger partial charge in [-0.2, -0.15) is 0 Å². The van der Waals surface area contributed by atoms with Gasteiger partial charge in [0.1, 0.15) is 5.76 Å². The molecule has 1 saturated heterocycles. The third kappa shape index (κ3) is 3.83. The van der Waals surface area contributed by atoms with Crippen LogP contribution in [0.1, 0.15) is 51.4 Å². The van der Waals surface area contributed by atoms with Crippen molar-refractivity contribution in [2.45, 2.75) is 59.2 Å². The largest absolute Gasteiger partial charge is 0.468 e. The summed E-state index contributed by atoms with van der Waals surface area (Å²) >= 11 is 0. The molecule has 0 saturated carbocycles. The van der Waals surface area contributed by atoms with Crippen molar-refractivity contribution in [1.29, 1.82) is 0 Å². The summed E-state index contributed by atoms with van der Waals surface area (Å²) in [6, 6.07) is 2.83. The first-order chi connectivity index (χ1) is 9.22. The Morgan fingerprint density at radius 3 is 3.05 bits per heavy atom. The molecule has 1 fully saturated rings. The van der Waals surface area contributed by atoms with E-state index in [2.05, 4.69) is 37.1 Å². The maximum Gasteiger partial charge on any atom is 0.122 e. The van der Waals surface area contributed by atoms with Gasteiger partial charge >= 0.3 is 0 Å². The van der Waals surface area contributed by atoms with E-state index in [0.29, 0.717) is 0 Å². The molecule has 3 heteroatoms. The third-order valence-corrected chi connectivity index (χ3v) is 4.11. The SMILES string of the molecule is CCCNCc1ccoc1CN1CCCC1C(C)C. The van der Waals surface area contributed by atoms with E-state index in [0.717, 1.165) is 37.4 Å². The first-order valence-corrected chi connectivity index (χ1v) is 7.72. The first kappa shape index (κ1) is 14.6. The van der Waals surface area contributed by atoms with Crippen LogP contribution < -0.4 is 5.32 Å².